The van der Waals surface area contributed by atoms with Gasteiger partial charge < -0.3 is 10.1 Å². The van der Waals surface area contributed by atoms with Gasteiger partial charge in [0.15, 0.2) is 11.6 Å². The number of benzene rings is 2. The number of rotatable bonds is 5. The zero-order chi connectivity index (χ0) is 22.7. The van der Waals surface area contributed by atoms with Gasteiger partial charge in [0.05, 0.1) is 30.0 Å². The number of anilines is 1. The first-order valence-corrected chi connectivity index (χ1v) is 9.95. The van der Waals surface area contributed by atoms with Crippen LogP contribution in [0.5, 0.6) is 0 Å². The topological polar surface area (TPSA) is 110 Å². The van der Waals surface area contributed by atoms with E-state index in [-0.39, 0.29) is 23.6 Å². The molecule has 0 unspecified atom stereocenters. The third-order valence-electron chi connectivity index (χ3n) is 4.88. The van der Waals surface area contributed by atoms with Crippen LogP contribution in [0.2, 0.25) is 0 Å². The molecular weight excluding hydrogens is 406 g/mol. The number of carbonyl (C=O) groups is 2. The van der Waals surface area contributed by atoms with Crippen molar-refractivity contribution >= 4 is 28.6 Å². The molecule has 0 fully saturated rings. The fourth-order valence-electron chi connectivity index (χ4n) is 3.35. The van der Waals surface area contributed by atoms with E-state index in [1.165, 1.54) is 16.9 Å². The summed E-state index contributed by atoms with van der Waals surface area (Å²) in [6.45, 7) is 3.83. The lowest BCUT2D eigenvalue weighted by Gasteiger charge is -2.12. The molecule has 2 heterocycles. The summed E-state index contributed by atoms with van der Waals surface area (Å²) in [5.41, 5.74) is 2.45. The number of hydrogen-bond acceptors (Lipinski definition) is 6. The van der Waals surface area contributed by atoms with Gasteiger partial charge in [-0.25, -0.2) is 9.78 Å². The molecule has 0 saturated heterocycles. The number of nitrogens with zero attached hydrogens (tertiary/aromatic N) is 4. The van der Waals surface area contributed by atoms with Crippen LogP contribution in [-0.4, -0.2) is 33.2 Å². The number of para-hydroxylation sites is 1. The summed E-state index contributed by atoms with van der Waals surface area (Å²) >= 11 is 0. The Bertz CT molecular complexity index is 1380. The second kappa shape index (κ2) is 8.70. The van der Waals surface area contributed by atoms with Gasteiger partial charge in [0.2, 0.25) is 0 Å². The van der Waals surface area contributed by atoms with Gasteiger partial charge in [0.25, 0.3) is 5.91 Å². The van der Waals surface area contributed by atoms with E-state index in [0.717, 1.165) is 16.5 Å². The van der Waals surface area contributed by atoms with Crippen molar-refractivity contribution in [3.8, 4) is 11.9 Å². The normalized spacial score (nSPS) is 10.5. The van der Waals surface area contributed by atoms with E-state index in [9.17, 15) is 9.59 Å². The maximum atomic E-state index is 12.9. The Hall–Kier alpha value is -4.51. The molecule has 0 aliphatic carbocycles. The van der Waals surface area contributed by atoms with E-state index < -0.39 is 11.9 Å². The summed E-state index contributed by atoms with van der Waals surface area (Å²) < 4.78 is 6.53. The molecule has 8 heteroatoms. The highest BCUT2D eigenvalue weighted by Gasteiger charge is 2.23. The summed E-state index contributed by atoms with van der Waals surface area (Å²) in [7, 11) is 0. The van der Waals surface area contributed by atoms with Crippen molar-refractivity contribution in [2.45, 2.75) is 13.8 Å². The van der Waals surface area contributed by atoms with Gasteiger partial charge in [0.1, 0.15) is 5.56 Å². The SMILES string of the molecule is CCOC(=O)c1cnn(-c2cc(C)c3ccccc3n2)c1NC(=O)c1cccc(C#N)c1. The van der Waals surface area contributed by atoms with Gasteiger partial charge in [0, 0.05) is 10.9 Å². The Morgan fingerprint density at radius 1 is 1.16 bits per heavy atom. The van der Waals surface area contributed by atoms with Gasteiger partial charge in [-0.15, -0.1) is 0 Å². The van der Waals surface area contributed by atoms with Crippen molar-refractivity contribution in [1.82, 2.24) is 14.8 Å². The number of aryl methyl sites for hydroxylation is 1. The predicted octanol–water partition coefficient (Wildman–Crippen LogP) is 4.03. The third-order valence-corrected chi connectivity index (χ3v) is 4.88. The Kier molecular flexibility index (Phi) is 5.64. The number of ether oxygens (including phenoxy) is 1. The van der Waals surface area contributed by atoms with Crippen LogP contribution in [0.15, 0.2) is 60.8 Å². The number of nitriles is 1. The number of nitrogens with one attached hydrogen (secondary N) is 1. The zero-order valence-electron chi connectivity index (χ0n) is 17.5. The molecule has 0 aliphatic heterocycles. The van der Waals surface area contributed by atoms with Crippen LogP contribution in [0, 0.1) is 18.3 Å². The number of amides is 1. The highest BCUT2D eigenvalue weighted by atomic mass is 16.5. The van der Waals surface area contributed by atoms with Gasteiger partial charge in [-0.2, -0.15) is 15.0 Å². The second-order valence-electron chi connectivity index (χ2n) is 7.00. The quantitative estimate of drug-likeness (QED) is 0.484. The number of hydrogen-bond donors (Lipinski definition) is 1. The van der Waals surface area contributed by atoms with Crippen LogP contribution in [0.3, 0.4) is 0 Å². The van der Waals surface area contributed by atoms with Crippen molar-refractivity contribution in [2.75, 3.05) is 11.9 Å². The van der Waals surface area contributed by atoms with E-state index in [2.05, 4.69) is 15.4 Å². The summed E-state index contributed by atoms with van der Waals surface area (Å²) in [6.07, 6.45) is 1.34. The zero-order valence-corrected chi connectivity index (χ0v) is 17.5. The van der Waals surface area contributed by atoms with Crippen molar-refractivity contribution in [3.63, 3.8) is 0 Å². The van der Waals surface area contributed by atoms with Crippen LogP contribution < -0.4 is 5.32 Å². The molecule has 32 heavy (non-hydrogen) atoms. The molecule has 0 saturated carbocycles. The van der Waals surface area contributed by atoms with E-state index in [0.29, 0.717) is 11.4 Å². The molecule has 0 atom stereocenters. The molecule has 158 valence electrons. The minimum atomic E-state index is -0.614. The number of pyridine rings is 1. The Morgan fingerprint density at radius 2 is 1.97 bits per heavy atom. The first-order chi connectivity index (χ1) is 15.5. The Labute approximate surface area is 184 Å². The second-order valence-corrected chi connectivity index (χ2v) is 7.00. The summed E-state index contributed by atoms with van der Waals surface area (Å²) in [4.78, 5) is 30.1. The van der Waals surface area contributed by atoms with E-state index in [1.807, 2.05) is 43.3 Å². The van der Waals surface area contributed by atoms with Crippen LogP contribution >= 0.6 is 0 Å². The van der Waals surface area contributed by atoms with Crippen LogP contribution in [0.25, 0.3) is 16.7 Å². The molecule has 8 nitrogen and oxygen atoms in total. The lowest BCUT2D eigenvalue weighted by atomic mass is 10.1. The third kappa shape index (κ3) is 3.91. The molecule has 2 aromatic carbocycles. The van der Waals surface area contributed by atoms with E-state index in [4.69, 9.17) is 10.00 Å². The highest BCUT2D eigenvalue weighted by molar-refractivity contribution is 6.07. The first kappa shape index (κ1) is 20.8. The van der Waals surface area contributed by atoms with Crippen molar-refractivity contribution < 1.29 is 14.3 Å². The molecule has 0 radical (unpaired) electrons. The fraction of sp³-hybridized carbons (Fsp3) is 0.125. The largest absolute Gasteiger partial charge is 0.462 e. The molecule has 4 rings (SSSR count). The van der Waals surface area contributed by atoms with Crippen molar-refractivity contribution in [3.05, 3.63) is 83.0 Å². The molecule has 0 bridgehead atoms. The molecule has 1 N–H and O–H groups in total. The van der Waals surface area contributed by atoms with E-state index in [1.54, 1.807) is 25.1 Å². The Morgan fingerprint density at radius 3 is 2.75 bits per heavy atom. The van der Waals surface area contributed by atoms with Gasteiger partial charge >= 0.3 is 5.97 Å². The summed E-state index contributed by atoms with van der Waals surface area (Å²) in [6, 6.07) is 17.8. The maximum Gasteiger partial charge on any atom is 0.343 e. The average Bonchev–Trinajstić information content (AvgIpc) is 3.22. The van der Waals surface area contributed by atoms with Crippen LogP contribution in [0.4, 0.5) is 5.82 Å². The van der Waals surface area contributed by atoms with Crippen molar-refractivity contribution in [1.29, 1.82) is 5.26 Å². The number of fused-ring (bicyclic) bond motifs is 1. The van der Waals surface area contributed by atoms with E-state index >= 15 is 0 Å². The number of aromatic nitrogens is 3. The molecule has 4 aromatic rings. The smallest absolute Gasteiger partial charge is 0.343 e. The molecule has 2 aromatic heterocycles. The number of carbonyl (C=O) groups excluding carboxylic acids is 2. The Balaban J connectivity index is 1.81. The fourth-order valence-corrected chi connectivity index (χ4v) is 3.35. The molecular formula is C24H19N5O3. The van der Waals surface area contributed by atoms with Crippen LogP contribution in [0.1, 0.15) is 38.8 Å². The highest BCUT2D eigenvalue weighted by Crippen LogP contribution is 2.25. The van der Waals surface area contributed by atoms with Crippen LogP contribution in [-0.2, 0) is 4.74 Å². The minimum absolute atomic E-state index is 0.101. The van der Waals surface area contributed by atoms with Gasteiger partial charge in [-0.05, 0) is 49.7 Å². The lowest BCUT2D eigenvalue weighted by molar-refractivity contribution is 0.0527. The van der Waals surface area contributed by atoms with Crippen molar-refractivity contribution in [2.24, 2.45) is 0 Å². The monoisotopic (exact) mass is 425 g/mol. The standard InChI is InChI=1S/C24H19N5O3/c1-3-32-24(31)19-14-26-29(21-11-15(2)18-9-4-5-10-20(18)27-21)22(19)28-23(30)17-8-6-7-16(12-17)13-25/h4-12,14H,3H2,1-2H3,(H,28,30). The maximum absolute atomic E-state index is 12.9. The van der Waals surface area contributed by atoms with Gasteiger partial charge in [-0.3, -0.25) is 4.79 Å². The lowest BCUT2D eigenvalue weighted by Crippen LogP contribution is -2.18. The predicted molar refractivity (Wildman–Crippen MR) is 119 cm³/mol. The molecule has 1 amide bonds. The average molecular weight is 425 g/mol. The minimum Gasteiger partial charge on any atom is -0.462 e. The first-order valence-electron chi connectivity index (χ1n) is 9.95. The number of esters is 1. The van der Waals surface area contributed by atoms with Gasteiger partial charge in [-0.1, -0.05) is 24.3 Å². The summed E-state index contributed by atoms with van der Waals surface area (Å²) in [5.74, 6) is -0.528. The molecule has 0 spiro atoms. The molecule has 0 aliphatic rings. The summed E-state index contributed by atoms with van der Waals surface area (Å²) in [5, 5.41) is 17.2.